The number of amides is 1. The van der Waals surface area contributed by atoms with Gasteiger partial charge in [-0.2, -0.15) is 0 Å². The maximum Gasteiger partial charge on any atom is 0.335 e. The molecule has 0 atom stereocenters. The third-order valence-electron chi connectivity index (χ3n) is 2.77. The van der Waals surface area contributed by atoms with Gasteiger partial charge in [-0.25, -0.2) is 4.79 Å². The Morgan fingerprint density at radius 3 is 2.68 bits per heavy atom. The lowest BCUT2D eigenvalue weighted by atomic mass is 10.1. The summed E-state index contributed by atoms with van der Waals surface area (Å²) in [6.45, 7) is 1.01. The summed E-state index contributed by atoms with van der Waals surface area (Å²) in [5, 5.41) is 11.6. The van der Waals surface area contributed by atoms with E-state index in [1.807, 2.05) is 0 Å². The number of carbonyl (C=O) groups is 2. The highest BCUT2D eigenvalue weighted by atomic mass is 16.4. The van der Waals surface area contributed by atoms with Crippen molar-refractivity contribution in [2.75, 3.05) is 6.54 Å². The Balaban J connectivity index is 2.33. The second-order valence-electron chi connectivity index (χ2n) is 4.38. The Bertz CT molecular complexity index is 432. The average molecular weight is 264 g/mol. The zero-order chi connectivity index (χ0) is 14.1. The van der Waals surface area contributed by atoms with E-state index in [0.717, 1.165) is 24.8 Å². The first-order chi connectivity index (χ1) is 9.13. The summed E-state index contributed by atoms with van der Waals surface area (Å²) in [7, 11) is 0. The van der Waals surface area contributed by atoms with Crippen LogP contribution >= 0.6 is 0 Å². The van der Waals surface area contributed by atoms with Gasteiger partial charge in [0.1, 0.15) is 0 Å². The average Bonchev–Trinajstić information content (AvgIpc) is 2.41. The fraction of sp³-hybridized carbons (Fsp3) is 0.429. The molecule has 104 valence electrons. The number of unbranched alkanes of at least 4 members (excludes halogenated alkanes) is 2. The highest BCUT2D eigenvalue weighted by molar-refractivity contribution is 5.87. The quantitative estimate of drug-likeness (QED) is 0.621. The van der Waals surface area contributed by atoms with Gasteiger partial charge in [-0.1, -0.05) is 18.6 Å². The third-order valence-corrected chi connectivity index (χ3v) is 2.77. The summed E-state index contributed by atoms with van der Waals surface area (Å²) < 4.78 is 0. The lowest BCUT2D eigenvalue weighted by Crippen LogP contribution is -2.22. The fourth-order valence-electron chi connectivity index (χ4n) is 1.71. The molecule has 0 fully saturated rings. The lowest BCUT2D eigenvalue weighted by Gasteiger charge is -2.06. The number of aromatic carboxylic acids is 1. The normalized spacial score (nSPS) is 10.2. The summed E-state index contributed by atoms with van der Waals surface area (Å²) >= 11 is 0. The van der Waals surface area contributed by atoms with Crippen molar-refractivity contribution >= 4 is 11.9 Å². The smallest absolute Gasteiger partial charge is 0.335 e. The molecule has 0 radical (unpaired) electrons. The predicted molar refractivity (Wildman–Crippen MR) is 72.8 cm³/mol. The largest absolute Gasteiger partial charge is 0.478 e. The zero-order valence-electron chi connectivity index (χ0n) is 10.9. The number of carbonyl (C=O) groups excluding carboxylic acids is 1. The molecule has 1 amide bonds. The summed E-state index contributed by atoms with van der Waals surface area (Å²) in [4.78, 5) is 22.3. The van der Waals surface area contributed by atoms with Crippen LogP contribution in [0.25, 0.3) is 0 Å². The van der Waals surface area contributed by atoms with E-state index < -0.39 is 5.97 Å². The topological polar surface area (TPSA) is 92.4 Å². The molecule has 19 heavy (non-hydrogen) atoms. The molecule has 0 aliphatic rings. The van der Waals surface area contributed by atoms with Crippen molar-refractivity contribution < 1.29 is 14.7 Å². The molecule has 0 aliphatic carbocycles. The molecule has 0 spiro atoms. The summed E-state index contributed by atoms with van der Waals surface area (Å²) in [5.41, 5.74) is 6.39. The molecule has 0 bridgehead atoms. The fourth-order valence-corrected chi connectivity index (χ4v) is 1.71. The molecule has 1 aromatic carbocycles. The molecule has 0 heterocycles. The number of nitrogens with two attached hydrogens (primary N) is 1. The highest BCUT2D eigenvalue weighted by Gasteiger charge is 2.04. The number of rotatable bonds is 8. The van der Waals surface area contributed by atoms with Crippen molar-refractivity contribution in [2.45, 2.75) is 32.2 Å². The van der Waals surface area contributed by atoms with Crippen molar-refractivity contribution in [3.05, 3.63) is 35.4 Å². The van der Waals surface area contributed by atoms with Gasteiger partial charge >= 0.3 is 5.97 Å². The van der Waals surface area contributed by atoms with Crippen LogP contribution < -0.4 is 11.1 Å². The van der Waals surface area contributed by atoms with E-state index in [1.54, 1.807) is 18.2 Å². The number of benzene rings is 1. The van der Waals surface area contributed by atoms with Crippen LogP contribution in [0.1, 0.15) is 41.6 Å². The van der Waals surface area contributed by atoms with Crippen LogP contribution in [-0.2, 0) is 11.3 Å². The van der Waals surface area contributed by atoms with Crippen LogP contribution in [0.15, 0.2) is 24.3 Å². The lowest BCUT2D eigenvalue weighted by molar-refractivity contribution is -0.121. The first-order valence-electron chi connectivity index (χ1n) is 6.42. The third kappa shape index (κ3) is 6.01. The molecular formula is C14H20N2O3. The number of nitrogens with one attached hydrogen (secondary N) is 1. The van der Waals surface area contributed by atoms with Gasteiger partial charge in [0.15, 0.2) is 0 Å². The predicted octanol–water partition coefficient (Wildman–Crippen LogP) is 1.52. The maximum atomic E-state index is 11.5. The van der Waals surface area contributed by atoms with E-state index in [2.05, 4.69) is 5.32 Å². The van der Waals surface area contributed by atoms with E-state index >= 15 is 0 Å². The Hall–Kier alpha value is -1.88. The Labute approximate surface area is 112 Å². The SMILES string of the molecule is NCCCCCC(=O)NCc1cccc(C(=O)O)c1. The minimum absolute atomic E-state index is 0.0160. The van der Waals surface area contributed by atoms with Crippen molar-refractivity contribution in [1.82, 2.24) is 5.32 Å². The van der Waals surface area contributed by atoms with Crippen molar-refractivity contribution in [2.24, 2.45) is 5.73 Å². The molecular weight excluding hydrogens is 244 g/mol. The first kappa shape index (κ1) is 15.2. The summed E-state index contributed by atoms with van der Waals surface area (Å²) in [6, 6.07) is 6.56. The van der Waals surface area contributed by atoms with E-state index in [1.165, 1.54) is 6.07 Å². The van der Waals surface area contributed by atoms with Gasteiger partial charge in [-0.15, -0.1) is 0 Å². The van der Waals surface area contributed by atoms with E-state index in [9.17, 15) is 9.59 Å². The van der Waals surface area contributed by atoms with Crippen LogP contribution in [0.5, 0.6) is 0 Å². The van der Waals surface area contributed by atoms with Gasteiger partial charge in [-0.05, 0) is 37.1 Å². The Morgan fingerprint density at radius 1 is 1.21 bits per heavy atom. The second kappa shape index (κ2) is 8.26. The van der Waals surface area contributed by atoms with Gasteiger partial charge in [0.2, 0.25) is 5.91 Å². The molecule has 4 N–H and O–H groups in total. The monoisotopic (exact) mass is 264 g/mol. The second-order valence-corrected chi connectivity index (χ2v) is 4.38. The van der Waals surface area contributed by atoms with Gasteiger partial charge in [0.05, 0.1) is 5.56 Å². The van der Waals surface area contributed by atoms with E-state index in [-0.39, 0.29) is 11.5 Å². The Kier molecular flexibility index (Phi) is 6.60. The van der Waals surface area contributed by atoms with Crippen LogP contribution in [0.3, 0.4) is 0 Å². The van der Waals surface area contributed by atoms with E-state index in [0.29, 0.717) is 19.5 Å². The zero-order valence-corrected chi connectivity index (χ0v) is 10.9. The highest BCUT2D eigenvalue weighted by Crippen LogP contribution is 2.05. The van der Waals surface area contributed by atoms with Crippen molar-refractivity contribution in [3.63, 3.8) is 0 Å². The number of hydrogen-bond donors (Lipinski definition) is 3. The molecule has 5 heteroatoms. The van der Waals surface area contributed by atoms with Crippen molar-refractivity contribution in [3.8, 4) is 0 Å². The minimum Gasteiger partial charge on any atom is -0.478 e. The molecule has 5 nitrogen and oxygen atoms in total. The number of hydrogen-bond acceptors (Lipinski definition) is 3. The molecule has 0 saturated carbocycles. The maximum absolute atomic E-state index is 11.5. The van der Waals surface area contributed by atoms with E-state index in [4.69, 9.17) is 10.8 Å². The molecule has 0 unspecified atom stereocenters. The van der Waals surface area contributed by atoms with Crippen LogP contribution in [0, 0.1) is 0 Å². The van der Waals surface area contributed by atoms with Crippen LogP contribution in [-0.4, -0.2) is 23.5 Å². The Morgan fingerprint density at radius 2 is 2.00 bits per heavy atom. The first-order valence-corrected chi connectivity index (χ1v) is 6.42. The van der Waals surface area contributed by atoms with Gasteiger partial charge in [0.25, 0.3) is 0 Å². The summed E-state index contributed by atoms with van der Waals surface area (Å²) in [6.07, 6.45) is 3.21. The van der Waals surface area contributed by atoms with Crippen molar-refractivity contribution in [1.29, 1.82) is 0 Å². The number of carboxylic acid groups (broad SMARTS) is 1. The number of carboxylic acids is 1. The standard InChI is InChI=1S/C14H20N2O3/c15-8-3-1-2-7-13(17)16-10-11-5-4-6-12(9-11)14(18)19/h4-6,9H,1-3,7-8,10,15H2,(H,16,17)(H,18,19). The van der Waals surface area contributed by atoms with Crippen LogP contribution in [0.4, 0.5) is 0 Å². The molecule has 0 aromatic heterocycles. The summed E-state index contributed by atoms with van der Waals surface area (Å²) in [5.74, 6) is -0.979. The van der Waals surface area contributed by atoms with Gasteiger partial charge in [0, 0.05) is 13.0 Å². The molecule has 0 saturated heterocycles. The van der Waals surface area contributed by atoms with Gasteiger partial charge in [-0.3, -0.25) is 4.79 Å². The van der Waals surface area contributed by atoms with Crippen LogP contribution in [0.2, 0.25) is 0 Å². The minimum atomic E-state index is -0.963. The molecule has 1 aromatic rings. The molecule has 0 aliphatic heterocycles. The van der Waals surface area contributed by atoms with Gasteiger partial charge < -0.3 is 16.2 Å². The molecule has 1 rings (SSSR count).